The average molecular weight is 311 g/mol. The number of fused-ring (bicyclic) bond motifs is 1. The first-order valence-electron chi connectivity index (χ1n) is 7.90. The summed E-state index contributed by atoms with van der Waals surface area (Å²) in [6.07, 6.45) is 1.18. The first-order chi connectivity index (χ1) is 11.1. The van der Waals surface area contributed by atoms with Crippen LogP contribution in [0.3, 0.4) is 0 Å². The highest BCUT2D eigenvalue weighted by molar-refractivity contribution is 5.91. The number of anilines is 1. The summed E-state index contributed by atoms with van der Waals surface area (Å²) in [6, 6.07) is 13.9. The van der Waals surface area contributed by atoms with E-state index in [4.69, 9.17) is 9.47 Å². The van der Waals surface area contributed by atoms with Crippen LogP contribution in [0.25, 0.3) is 0 Å². The second-order valence-corrected chi connectivity index (χ2v) is 6.01. The molecule has 0 fully saturated rings. The molecule has 23 heavy (non-hydrogen) atoms. The van der Waals surface area contributed by atoms with Gasteiger partial charge >= 0.3 is 0 Å². The zero-order valence-electron chi connectivity index (χ0n) is 13.5. The van der Waals surface area contributed by atoms with Crippen molar-refractivity contribution in [1.82, 2.24) is 0 Å². The Balaban J connectivity index is 1.53. The van der Waals surface area contributed by atoms with Crippen LogP contribution in [0.15, 0.2) is 42.5 Å². The molecule has 1 amide bonds. The fourth-order valence-electron chi connectivity index (χ4n) is 2.52. The molecule has 0 atom stereocenters. The topological polar surface area (TPSA) is 47.6 Å². The summed E-state index contributed by atoms with van der Waals surface area (Å²) in [5.41, 5.74) is 3.23. The Hall–Kier alpha value is -2.49. The van der Waals surface area contributed by atoms with Gasteiger partial charge in [-0.15, -0.1) is 0 Å². The smallest absolute Gasteiger partial charge is 0.231 e. The Morgan fingerprint density at radius 1 is 1.09 bits per heavy atom. The van der Waals surface area contributed by atoms with E-state index in [1.165, 1.54) is 11.1 Å². The van der Waals surface area contributed by atoms with E-state index in [1.807, 2.05) is 12.1 Å². The standard InChI is InChI=1S/C19H21NO3/c1-13(2)15-6-3-14(4-7-15)5-10-19(21)20-16-8-9-17-18(11-16)23-12-22-17/h3-4,6-9,11,13H,5,10,12H2,1-2H3,(H,20,21). The van der Waals surface area contributed by atoms with Gasteiger partial charge in [0.25, 0.3) is 0 Å². The highest BCUT2D eigenvalue weighted by Crippen LogP contribution is 2.34. The van der Waals surface area contributed by atoms with Crippen molar-refractivity contribution < 1.29 is 14.3 Å². The number of benzene rings is 2. The molecule has 0 saturated carbocycles. The van der Waals surface area contributed by atoms with Gasteiger partial charge in [-0.1, -0.05) is 38.1 Å². The largest absolute Gasteiger partial charge is 0.454 e. The Kier molecular flexibility index (Phi) is 4.51. The van der Waals surface area contributed by atoms with E-state index < -0.39 is 0 Å². The monoisotopic (exact) mass is 311 g/mol. The van der Waals surface area contributed by atoms with E-state index in [9.17, 15) is 4.79 Å². The van der Waals surface area contributed by atoms with Gasteiger partial charge in [0.05, 0.1) is 0 Å². The quantitative estimate of drug-likeness (QED) is 0.904. The summed E-state index contributed by atoms with van der Waals surface area (Å²) in [5, 5.41) is 2.90. The van der Waals surface area contributed by atoms with Crippen molar-refractivity contribution >= 4 is 11.6 Å². The third kappa shape index (κ3) is 3.83. The minimum atomic E-state index is -0.00296. The first-order valence-corrected chi connectivity index (χ1v) is 7.90. The molecule has 0 spiro atoms. The maximum Gasteiger partial charge on any atom is 0.231 e. The van der Waals surface area contributed by atoms with Crippen LogP contribution in [-0.4, -0.2) is 12.7 Å². The summed E-state index contributed by atoms with van der Waals surface area (Å²) >= 11 is 0. The Morgan fingerprint density at radius 2 is 1.83 bits per heavy atom. The molecule has 0 aliphatic carbocycles. The molecule has 120 valence electrons. The molecule has 1 aliphatic heterocycles. The van der Waals surface area contributed by atoms with Gasteiger partial charge in [-0.2, -0.15) is 0 Å². The van der Waals surface area contributed by atoms with Gasteiger partial charge in [0.1, 0.15) is 0 Å². The van der Waals surface area contributed by atoms with Crippen LogP contribution in [0, 0.1) is 0 Å². The Morgan fingerprint density at radius 3 is 2.57 bits per heavy atom. The van der Waals surface area contributed by atoms with Gasteiger partial charge in [0.15, 0.2) is 11.5 Å². The number of nitrogens with one attached hydrogen (secondary N) is 1. The number of hydrogen-bond acceptors (Lipinski definition) is 3. The molecule has 1 heterocycles. The molecule has 0 saturated heterocycles. The first kappa shape index (κ1) is 15.4. The highest BCUT2D eigenvalue weighted by Gasteiger charge is 2.14. The molecule has 1 N–H and O–H groups in total. The van der Waals surface area contributed by atoms with E-state index in [1.54, 1.807) is 6.07 Å². The summed E-state index contributed by atoms with van der Waals surface area (Å²) in [4.78, 5) is 12.1. The number of aryl methyl sites for hydroxylation is 1. The van der Waals surface area contributed by atoms with Gasteiger partial charge < -0.3 is 14.8 Å². The molecule has 0 bridgehead atoms. The third-order valence-electron chi connectivity index (χ3n) is 3.94. The number of ether oxygens (including phenoxy) is 2. The van der Waals surface area contributed by atoms with Crippen LogP contribution in [0.5, 0.6) is 11.5 Å². The Bertz CT molecular complexity index is 692. The summed E-state index contributed by atoms with van der Waals surface area (Å²) < 4.78 is 10.6. The molecule has 0 radical (unpaired) electrons. The summed E-state index contributed by atoms with van der Waals surface area (Å²) in [5.74, 6) is 1.91. The predicted octanol–water partition coefficient (Wildman–Crippen LogP) is 4.11. The van der Waals surface area contributed by atoms with Crippen LogP contribution in [-0.2, 0) is 11.2 Å². The summed E-state index contributed by atoms with van der Waals surface area (Å²) in [7, 11) is 0. The minimum absolute atomic E-state index is 0.00296. The zero-order chi connectivity index (χ0) is 16.2. The van der Waals surface area contributed by atoms with Crippen LogP contribution in [0.1, 0.15) is 37.3 Å². The predicted molar refractivity (Wildman–Crippen MR) is 90.0 cm³/mol. The van der Waals surface area contributed by atoms with E-state index in [-0.39, 0.29) is 12.7 Å². The van der Waals surface area contributed by atoms with Crippen molar-refractivity contribution in [3.05, 3.63) is 53.6 Å². The van der Waals surface area contributed by atoms with Crippen LogP contribution < -0.4 is 14.8 Å². The number of carbonyl (C=O) groups excluding carboxylic acids is 1. The summed E-state index contributed by atoms with van der Waals surface area (Å²) in [6.45, 7) is 4.58. The second kappa shape index (κ2) is 6.73. The molecule has 2 aromatic carbocycles. The lowest BCUT2D eigenvalue weighted by Crippen LogP contribution is -2.12. The fourth-order valence-corrected chi connectivity index (χ4v) is 2.52. The maximum atomic E-state index is 12.1. The number of rotatable bonds is 5. The third-order valence-corrected chi connectivity index (χ3v) is 3.94. The molecule has 2 aromatic rings. The van der Waals surface area contributed by atoms with E-state index in [2.05, 4.69) is 43.4 Å². The number of hydrogen-bond donors (Lipinski definition) is 1. The van der Waals surface area contributed by atoms with Crippen molar-refractivity contribution in [2.45, 2.75) is 32.6 Å². The molecule has 1 aliphatic rings. The highest BCUT2D eigenvalue weighted by atomic mass is 16.7. The van der Waals surface area contributed by atoms with Crippen molar-refractivity contribution in [1.29, 1.82) is 0 Å². The SMILES string of the molecule is CC(C)c1ccc(CCC(=O)Nc2ccc3c(c2)OCO3)cc1. The number of carbonyl (C=O) groups is 1. The minimum Gasteiger partial charge on any atom is -0.454 e. The maximum absolute atomic E-state index is 12.1. The molecule has 4 nitrogen and oxygen atoms in total. The average Bonchev–Trinajstić information content (AvgIpc) is 3.01. The lowest BCUT2D eigenvalue weighted by atomic mass is 10.0. The van der Waals surface area contributed by atoms with Gasteiger partial charge in [0, 0.05) is 18.2 Å². The molecular formula is C19H21NO3. The van der Waals surface area contributed by atoms with E-state index >= 15 is 0 Å². The lowest BCUT2D eigenvalue weighted by molar-refractivity contribution is -0.116. The van der Waals surface area contributed by atoms with Gasteiger partial charge in [-0.3, -0.25) is 4.79 Å². The Labute approximate surface area is 136 Å². The van der Waals surface area contributed by atoms with Crippen molar-refractivity contribution in [2.24, 2.45) is 0 Å². The van der Waals surface area contributed by atoms with Crippen molar-refractivity contribution in [3.8, 4) is 11.5 Å². The molecule has 4 heteroatoms. The van der Waals surface area contributed by atoms with Gasteiger partial charge in [0.2, 0.25) is 12.7 Å². The van der Waals surface area contributed by atoms with E-state index in [0.717, 1.165) is 12.1 Å². The van der Waals surface area contributed by atoms with Gasteiger partial charge in [-0.05, 0) is 35.6 Å². The van der Waals surface area contributed by atoms with Crippen molar-refractivity contribution in [2.75, 3.05) is 12.1 Å². The molecule has 3 rings (SSSR count). The molecule has 0 aromatic heterocycles. The van der Waals surface area contributed by atoms with Crippen LogP contribution in [0.2, 0.25) is 0 Å². The number of amides is 1. The normalized spacial score (nSPS) is 12.5. The van der Waals surface area contributed by atoms with Crippen LogP contribution in [0.4, 0.5) is 5.69 Å². The fraction of sp³-hybridized carbons (Fsp3) is 0.316. The zero-order valence-corrected chi connectivity index (χ0v) is 13.5. The second-order valence-electron chi connectivity index (χ2n) is 6.01. The van der Waals surface area contributed by atoms with E-state index in [0.29, 0.717) is 23.8 Å². The van der Waals surface area contributed by atoms with Gasteiger partial charge in [-0.25, -0.2) is 0 Å². The molecule has 0 unspecified atom stereocenters. The van der Waals surface area contributed by atoms with Crippen LogP contribution >= 0.6 is 0 Å². The lowest BCUT2D eigenvalue weighted by Gasteiger charge is -2.08. The molecular weight excluding hydrogens is 290 g/mol. The van der Waals surface area contributed by atoms with Crippen molar-refractivity contribution in [3.63, 3.8) is 0 Å².